The molecule has 2 aliphatic rings. The topological polar surface area (TPSA) is 76.8 Å². The van der Waals surface area contributed by atoms with Crippen LogP contribution in [0.4, 0.5) is 5.69 Å². The van der Waals surface area contributed by atoms with E-state index in [9.17, 15) is 4.79 Å². The van der Waals surface area contributed by atoms with E-state index in [4.69, 9.17) is 15.2 Å². The third-order valence-electron chi connectivity index (χ3n) is 5.31. The Balaban J connectivity index is 0.00000182. The number of carbonyl (C=O) groups excluding carboxylic acids is 1. The van der Waals surface area contributed by atoms with Gasteiger partial charge in [0.25, 0.3) is 0 Å². The summed E-state index contributed by atoms with van der Waals surface area (Å²) in [6, 6.07) is 7.94. The maximum Gasteiger partial charge on any atom is 0.239 e. The first kappa shape index (κ1) is 23.8. The van der Waals surface area contributed by atoms with Gasteiger partial charge < -0.3 is 25.4 Å². The highest BCUT2D eigenvalue weighted by molar-refractivity contribution is 5.85. The molecule has 0 radical (unpaired) electrons. The lowest BCUT2D eigenvalue weighted by atomic mass is 9.91. The van der Waals surface area contributed by atoms with Crippen molar-refractivity contribution in [3.8, 4) is 5.75 Å². The van der Waals surface area contributed by atoms with Gasteiger partial charge in [-0.3, -0.25) is 4.79 Å². The van der Waals surface area contributed by atoms with Crippen molar-refractivity contribution in [2.24, 2.45) is 11.7 Å². The smallest absolute Gasteiger partial charge is 0.239 e. The third kappa shape index (κ3) is 6.42. The van der Waals surface area contributed by atoms with Gasteiger partial charge >= 0.3 is 0 Å². The highest BCUT2D eigenvalue weighted by Crippen LogP contribution is 2.23. The number of methoxy groups -OCH3 is 1. The SMILES string of the molecule is COc1cccc(NC2CCN(C(=O)C(N)C3CCOCC3)CC2)c1.Cl.Cl. The van der Waals surface area contributed by atoms with E-state index in [1.165, 1.54) is 0 Å². The summed E-state index contributed by atoms with van der Waals surface area (Å²) in [6.07, 6.45) is 3.65. The largest absolute Gasteiger partial charge is 0.497 e. The standard InChI is InChI=1S/C19H29N3O3.2ClH/c1-24-17-4-2-3-16(13-17)21-15-5-9-22(10-6-15)19(23)18(20)14-7-11-25-12-8-14;;/h2-4,13-15,18,21H,5-12,20H2,1H3;2*1H. The lowest BCUT2D eigenvalue weighted by Gasteiger charge is -2.36. The highest BCUT2D eigenvalue weighted by Gasteiger charge is 2.31. The van der Waals surface area contributed by atoms with E-state index in [1.54, 1.807) is 7.11 Å². The van der Waals surface area contributed by atoms with E-state index >= 15 is 0 Å². The first-order valence-corrected chi connectivity index (χ1v) is 9.20. The van der Waals surface area contributed by atoms with Crippen LogP contribution in [0.5, 0.6) is 5.75 Å². The first-order chi connectivity index (χ1) is 12.2. The van der Waals surface area contributed by atoms with Crippen LogP contribution >= 0.6 is 24.8 Å². The Kier molecular flexibility index (Phi) is 10.2. The summed E-state index contributed by atoms with van der Waals surface area (Å²) in [4.78, 5) is 14.6. The predicted molar refractivity (Wildman–Crippen MR) is 112 cm³/mol. The summed E-state index contributed by atoms with van der Waals surface area (Å²) in [6.45, 7) is 2.96. The number of nitrogens with one attached hydrogen (secondary N) is 1. The van der Waals surface area contributed by atoms with Crippen molar-refractivity contribution in [1.82, 2.24) is 4.90 Å². The molecule has 1 unspecified atom stereocenters. The molecule has 2 aliphatic heterocycles. The summed E-state index contributed by atoms with van der Waals surface area (Å²) in [5.41, 5.74) is 7.30. The molecule has 6 nitrogen and oxygen atoms in total. The van der Waals surface area contributed by atoms with E-state index in [-0.39, 0.29) is 42.7 Å². The normalized spacial score (nSPS) is 19.4. The van der Waals surface area contributed by atoms with Gasteiger partial charge in [-0.15, -0.1) is 24.8 Å². The molecule has 0 spiro atoms. The number of benzene rings is 1. The Hall–Kier alpha value is -1.21. The van der Waals surface area contributed by atoms with E-state index in [0.29, 0.717) is 6.04 Å². The Bertz CT molecular complexity index is 577. The quantitative estimate of drug-likeness (QED) is 0.766. The predicted octanol–water partition coefficient (Wildman–Crippen LogP) is 2.70. The third-order valence-corrected chi connectivity index (χ3v) is 5.31. The number of halogens is 2. The molecular formula is C19H31Cl2N3O3. The Labute approximate surface area is 174 Å². The molecule has 3 rings (SSSR count). The van der Waals surface area contributed by atoms with Gasteiger partial charge in [-0.05, 0) is 43.7 Å². The second kappa shape index (κ2) is 11.6. The highest BCUT2D eigenvalue weighted by atomic mass is 35.5. The molecule has 0 saturated carbocycles. The van der Waals surface area contributed by atoms with Crippen LogP contribution in [-0.4, -0.2) is 56.3 Å². The van der Waals surface area contributed by atoms with Crippen LogP contribution in [0.25, 0.3) is 0 Å². The molecule has 27 heavy (non-hydrogen) atoms. The number of piperidine rings is 1. The summed E-state index contributed by atoms with van der Waals surface area (Å²) in [7, 11) is 1.67. The van der Waals surface area contributed by atoms with Crippen LogP contribution in [0.1, 0.15) is 25.7 Å². The minimum Gasteiger partial charge on any atom is -0.497 e. The minimum absolute atomic E-state index is 0. The Morgan fingerprint density at radius 3 is 2.52 bits per heavy atom. The summed E-state index contributed by atoms with van der Waals surface area (Å²) >= 11 is 0. The van der Waals surface area contributed by atoms with Crippen molar-refractivity contribution in [2.75, 3.05) is 38.7 Å². The zero-order chi connectivity index (χ0) is 17.6. The number of anilines is 1. The molecule has 1 aromatic carbocycles. The van der Waals surface area contributed by atoms with Crippen LogP contribution in [0, 0.1) is 5.92 Å². The fourth-order valence-electron chi connectivity index (χ4n) is 3.68. The maximum atomic E-state index is 12.7. The number of carbonyl (C=O) groups is 1. The minimum atomic E-state index is -0.383. The van der Waals surface area contributed by atoms with Gasteiger partial charge in [0.1, 0.15) is 5.75 Å². The number of amides is 1. The van der Waals surface area contributed by atoms with E-state index in [0.717, 1.165) is 63.4 Å². The molecule has 1 atom stereocenters. The van der Waals surface area contributed by atoms with Crippen molar-refractivity contribution in [1.29, 1.82) is 0 Å². The first-order valence-electron chi connectivity index (χ1n) is 9.20. The summed E-state index contributed by atoms with van der Waals surface area (Å²) in [5.74, 6) is 1.21. The molecule has 8 heteroatoms. The number of hydrogen-bond acceptors (Lipinski definition) is 5. The molecule has 1 aromatic rings. The number of nitrogens with zero attached hydrogens (tertiary/aromatic N) is 1. The molecule has 0 aliphatic carbocycles. The van der Waals surface area contributed by atoms with E-state index < -0.39 is 0 Å². The zero-order valence-electron chi connectivity index (χ0n) is 15.8. The van der Waals surface area contributed by atoms with Crippen LogP contribution < -0.4 is 15.8 Å². The fraction of sp³-hybridized carbons (Fsp3) is 0.632. The number of rotatable bonds is 5. The molecule has 1 amide bonds. The number of ether oxygens (including phenoxy) is 2. The van der Waals surface area contributed by atoms with Gasteiger partial charge in [0.15, 0.2) is 0 Å². The average Bonchev–Trinajstić information content (AvgIpc) is 2.68. The van der Waals surface area contributed by atoms with Gasteiger partial charge in [0.2, 0.25) is 5.91 Å². The molecule has 2 saturated heterocycles. The van der Waals surface area contributed by atoms with Crippen molar-refractivity contribution in [3.63, 3.8) is 0 Å². The zero-order valence-corrected chi connectivity index (χ0v) is 17.4. The monoisotopic (exact) mass is 419 g/mol. The number of hydrogen-bond donors (Lipinski definition) is 2. The van der Waals surface area contributed by atoms with E-state index in [2.05, 4.69) is 5.32 Å². The molecule has 0 bridgehead atoms. The van der Waals surface area contributed by atoms with Gasteiger partial charge in [-0.1, -0.05) is 6.07 Å². The van der Waals surface area contributed by atoms with Crippen molar-refractivity contribution >= 4 is 36.4 Å². The second-order valence-corrected chi connectivity index (χ2v) is 6.95. The fourth-order valence-corrected chi connectivity index (χ4v) is 3.68. The molecule has 0 aromatic heterocycles. The summed E-state index contributed by atoms with van der Waals surface area (Å²) < 4.78 is 10.6. The number of nitrogens with two attached hydrogens (primary N) is 1. The van der Waals surface area contributed by atoms with Crippen LogP contribution in [0.3, 0.4) is 0 Å². The molecular weight excluding hydrogens is 389 g/mol. The lowest BCUT2D eigenvalue weighted by Crippen LogP contribution is -2.52. The number of likely N-dealkylation sites (tertiary alicyclic amines) is 1. The van der Waals surface area contributed by atoms with Crippen molar-refractivity contribution in [3.05, 3.63) is 24.3 Å². The van der Waals surface area contributed by atoms with Crippen LogP contribution in [0.15, 0.2) is 24.3 Å². The Morgan fingerprint density at radius 1 is 1.22 bits per heavy atom. The Morgan fingerprint density at radius 2 is 1.89 bits per heavy atom. The van der Waals surface area contributed by atoms with Crippen molar-refractivity contribution < 1.29 is 14.3 Å². The van der Waals surface area contributed by atoms with Gasteiger partial charge in [0.05, 0.1) is 13.2 Å². The maximum absolute atomic E-state index is 12.7. The molecule has 154 valence electrons. The van der Waals surface area contributed by atoms with Crippen LogP contribution in [-0.2, 0) is 9.53 Å². The molecule has 2 heterocycles. The van der Waals surface area contributed by atoms with Gasteiger partial charge in [-0.2, -0.15) is 0 Å². The average molecular weight is 420 g/mol. The second-order valence-electron chi connectivity index (χ2n) is 6.95. The lowest BCUT2D eigenvalue weighted by molar-refractivity contribution is -0.135. The van der Waals surface area contributed by atoms with Crippen LogP contribution in [0.2, 0.25) is 0 Å². The van der Waals surface area contributed by atoms with Gasteiger partial charge in [-0.25, -0.2) is 0 Å². The summed E-state index contributed by atoms with van der Waals surface area (Å²) in [5, 5.41) is 3.54. The molecule has 2 fully saturated rings. The van der Waals surface area contributed by atoms with Crippen molar-refractivity contribution in [2.45, 2.75) is 37.8 Å². The van der Waals surface area contributed by atoms with Gasteiger partial charge in [0, 0.05) is 44.1 Å². The molecule has 3 N–H and O–H groups in total. The van der Waals surface area contributed by atoms with E-state index in [1.807, 2.05) is 29.2 Å².